The Morgan fingerprint density at radius 3 is 2.60 bits per heavy atom. The zero-order chi connectivity index (χ0) is 15.3. The number of amides is 1. The third-order valence-corrected chi connectivity index (χ3v) is 2.65. The van der Waals surface area contributed by atoms with E-state index in [1.807, 2.05) is 13.8 Å². The molecule has 1 unspecified atom stereocenters. The van der Waals surface area contributed by atoms with Crippen molar-refractivity contribution in [3.05, 3.63) is 24.0 Å². The summed E-state index contributed by atoms with van der Waals surface area (Å²) < 4.78 is 5.54. The lowest BCUT2D eigenvalue weighted by molar-refractivity contribution is -0.141. The molecule has 0 fully saturated rings. The molecule has 0 spiro atoms. The number of carbonyl (C=O) groups excluding carboxylic acids is 1. The molecule has 1 amide bonds. The van der Waals surface area contributed by atoms with Gasteiger partial charge in [-0.05, 0) is 26.0 Å². The highest BCUT2D eigenvalue weighted by Gasteiger charge is 2.22. The Balaban J connectivity index is 2.88. The van der Waals surface area contributed by atoms with Gasteiger partial charge in [-0.3, -0.25) is 9.59 Å². The second-order valence-corrected chi connectivity index (χ2v) is 4.94. The predicted octanol–water partition coefficient (Wildman–Crippen LogP) is 1.66. The Labute approximate surface area is 118 Å². The number of nitrogens with zero attached hydrogens (tertiary/aromatic N) is 2. The molecule has 0 saturated heterocycles. The number of carboxylic acid groups (broad SMARTS) is 1. The van der Waals surface area contributed by atoms with Gasteiger partial charge in [0.15, 0.2) is 11.4 Å². The SMILES string of the molecule is CC(C)Oc1cccnc1C(=O)N(C)CC(C)C(=O)O. The molecule has 1 heterocycles. The third-order valence-electron chi connectivity index (χ3n) is 2.65. The summed E-state index contributed by atoms with van der Waals surface area (Å²) in [6, 6.07) is 3.36. The molecule has 0 saturated carbocycles. The van der Waals surface area contributed by atoms with E-state index in [0.29, 0.717) is 5.75 Å². The molecule has 6 nitrogen and oxygen atoms in total. The zero-order valence-electron chi connectivity index (χ0n) is 12.2. The van der Waals surface area contributed by atoms with Gasteiger partial charge in [0.1, 0.15) is 0 Å². The Bertz CT molecular complexity index is 488. The fourth-order valence-electron chi connectivity index (χ4n) is 1.65. The van der Waals surface area contributed by atoms with Crippen LogP contribution in [-0.2, 0) is 4.79 Å². The molecular weight excluding hydrogens is 260 g/mol. The average Bonchev–Trinajstić information content (AvgIpc) is 2.37. The number of aliphatic carboxylic acids is 1. The summed E-state index contributed by atoms with van der Waals surface area (Å²) in [6.07, 6.45) is 1.43. The van der Waals surface area contributed by atoms with E-state index in [4.69, 9.17) is 9.84 Å². The van der Waals surface area contributed by atoms with E-state index in [9.17, 15) is 9.59 Å². The maximum atomic E-state index is 12.3. The van der Waals surface area contributed by atoms with Crippen molar-refractivity contribution < 1.29 is 19.4 Å². The summed E-state index contributed by atoms with van der Waals surface area (Å²) >= 11 is 0. The van der Waals surface area contributed by atoms with E-state index in [1.165, 1.54) is 11.1 Å². The van der Waals surface area contributed by atoms with Crippen molar-refractivity contribution in [3.8, 4) is 5.75 Å². The molecule has 1 atom stereocenters. The predicted molar refractivity (Wildman–Crippen MR) is 73.8 cm³/mol. The second kappa shape index (κ2) is 6.88. The van der Waals surface area contributed by atoms with E-state index < -0.39 is 11.9 Å². The summed E-state index contributed by atoms with van der Waals surface area (Å²) in [5.74, 6) is -1.52. The van der Waals surface area contributed by atoms with Crippen LogP contribution in [0.4, 0.5) is 0 Å². The lowest BCUT2D eigenvalue weighted by atomic mass is 10.1. The molecule has 0 bridgehead atoms. The van der Waals surface area contributed by atoms with Crippen LogP contribution in [0, 0.1) is 5.92 Å². The van der Waals surface area contributed by atoms with Crippen LogP contribution in [-0.4, -0.2) is 46.6 Å². The van der Waals surface area contributed by atoms with Gasteiger partial charge < -0.3 is 14.7 Å². The van der Waals surface area contributed by atoms with Crippen LogP contribution in [0.1, 0.15) is 31.3 Å². The van der Waals surface area contributed by atoms with Crippen LogP contribution in [0.25, 0.3) is 0 Å². The van der Waals surface area contributed by atoms with Crippen LogP contribution >= 0.6 is 0 Å². The number of rotatable bonds is 6. The van der Waals surface area contributed by atoms with Crippen molar-refractivity contribution in [3.63, 3.8) is 0 Å². The first-order valence-corrected chi connectivity index (χ1v) is 6.42. The maximum absolute atomic E-state index is 12.3. The smallest absolute Gasteiger partial charge is 0.308 e. The van der Waals surface area contributed by atoms with Crippen molar-refractivity contribution in [2.45, 2.75) is 26.9 Å². The van der Waals surface area contributed by atoms with Crippen molar-refractivity contribution >= 4 is 11.9 Å². The summed E-state index contributed by atoms with van der Waals surface area (Å²) in [7, 11) is 1.55. The van der Waals surface area contributed by atoms with Crippen LogP contribution in [0.3, 0.4) is 0 Å². The molecule has 110 valence electrons. The van der Waals surface area contributed by atoms with Crippen LogP contribution in [0.15, 0.2) is 18.3 Å². The molecule has 1 rings (SSSR count). The first-order valence-electron chi connectivity index (χ1n) is 6.42. The van der Waals surface area contributed by atoms with Gasteiger partial charge in [-0.25, -0.2) is 4.98 Å². The molecule has 0 aromatic carbocycles. The molecule has 0 radical (unpaired) electrons. The molecule has 1 aromatic heterocycles. The lowest BCUT2D eigenvalue weighted by Gasteiger charge is -2.20. The third kappa shape index (κ3) is 4.22. The van der Waals surface area contributed by atoms with Crippen molar-refractivity contribution in [1.29, 1.82) is 0 Å². The molecule has 1 N–H and O–H groups in total. The first-order chi connectivity index (χ1) is 9.32. The number of ether oxygens (including phenoxy) is 1. The van der Waals surface area contributed by atoms with Crippen molar-refractivity contribution in [1.82, 2.24) is 9.88 Å². The number of hydrogen-bond donors (Lipinski definition) is 1. The van der Waals surface area contributed by atoms with Crippen molar-refractivity contribution in [2.75, 3.05) is 13.6 Å². The quantitative estimate of drug-likeness (QED) is 0.857. The fraction of sp³-hybridized carbons (Fsp3) is 0.500. The summed E-state index contributed by atoms with van der Waals surface area (Å²) in [5.41, 5.74) is 0.196. The van der Waals surface area contributed by atoms with Gasteiger partial charge >= 0.3 is 5.97 Å². The zero-order valence-corrected chi connectivity index (χ0v) is 12.2. The topological polar surface area (TPSA) is 79.7 Å². The van der Waals surface area contributed by atoms with E-state index >= 15 is 0 Å². The minimum Gasteiger partial charge on any atom is -0.489 e. The minimum absolute atomic E-state index is 0.0750. The molecule has 0 aliphatic rings. The number of hydrogen-bond acceptors (Lipinski definition) is 4. The molecular formula is C14H20N2O4. The normalized spacial score (nSPS) is 12.1. The minimum atomic E-state index is -0.940. The monoisotopic (exact) mass is 280 g/mol. The second-order valence-electron chi connectivity index (χ2n) is 4.94. The Hall–Kier alpha value is -2.11. The maximum Gasteiger partial charge on any atom is 0.308 e. The van der Waals surface area contributed by atoms with Crippen molar-refractivity contribution in [2.24, 2.45) is 5.92 Å². The Kier molecular flexibility index (Phi) is 5.49. The largest absolute Gasteiger partial charge is 0.489 e. The molecule has 6 heteroatoms. The van der Waals surface area contributed by atoms with Crippen LogP contribution < -0.4 is 4.74 Å². The summed E-state index contributed by atoms with van der Waals surface area (Å²) in [5, 5.41) is 8.88. The Morgan fingerprint density at radius 2 is 2.05 bits per heavy atom. The number of carbonyl (C=O) groups is 2. The van der Waals surface area contributed by atoms with Gasteiger partial charge in [-0.1, -0.05) is 6.92 Å². The van der Waals surface area contributed by atoms with E-state index in [0.717, 1.165) is 0 Å². The van der Waals surface area contributed by atoms with Crippen LogP contribution in [0.5, 0.6) is 5.75 Å². The van der Waals surface area contributed by atoms with E-state index in [1.54, 1.807) is 26.1 Å². The van der Waals surface area contributed by atoms with Crippen LogP contribution in [0.2, 0.25) is 0 Å². The van der Waals surface area contributed by atoms with E-state index in [2.05, 4.69) is 4.98 Å². The van der Waals surface area contributed by atoms with Gasteiger partial charge in [0.2, 0.25) is 0 Å². The fourth-order valence-corrected chi connectivity index (χ4v) is 1.65. The highest BCUT2D eigenvalue weighted by Crippen LogP contribution is 2.18. The summed E-state index contributed by atoms with van der Waals surface area (Å²) in [4.78, 5) is 28.5. The van der Waals surface area contributed by atoms with Gasteiger partial charge in [0.25, 0.3) is 5.91 Å². The molecule has 0 aliphatic carbocycles. The van der Waals surface area contributed by atoms with Gasteiger partial charge in [-0.2, -0.15) is 0 Å². The van der Waals surface area contributed by atoms with E-state index in [-0.39, 0.29) is 24.2 Å². The standard InChI is InChI=1S/C14H20N2O4/c1-9(2)20-11-6-5-7-15-12(11)13(17)16(4)8-10(3)14(18)19/h5-7,9-10H,8H2,1-4H3,(H,18,19). The highest BCUT2D eigenvalue weighted by molar-refractivity contribution is 5.95. The van der Waals surface area contributed by atoms with Gasteiger partial charge in [0, 0.05) is 19.8 Å². The average molecular weight is 280 g/mol. The number of aromatic nitrogens is 1. The Morgan fingerprint density at radius 1 is 1.40 bits per heavy atom. The molecule has 1 aromatic rings. The lowest BCUT2D eigenvalue weighted by Crippen LogP contribution is -2.34. The number of carboxylic acids is 1. The van der Waals surface area contributed by atoms with Gasteiger partial charge in [-0.15, -0.1) is 0 Å². The molecule has 0 aliphatic heterocycles. The summed E-state index contributed by atoms with van der Waals surface area (Å²) in [6.45, 7) is 5.39. The number of pyridine rings is 1. The first kappa shape index (κ1) is 15.9. The molecule has 20 heavy (non-hydrogen) atoms. The highest BCUT2D eigenvalue weighted by atomic mass is 16.5. The van der Waals surface area contributed by atoms with Gasteiger partial charge in [0.05, 0.1) is 12.0 Å².